The van der Waals surface area contributed by atoms with Gasteiger partial charge in [-0.1, -0.05) is 65.7 Å². The molecule has 2 N–H and O–H groups in total. The predicted octanol–water partition coefficient (Wildman–Crippen LogP) is 5.35. The van der Waals surface area contributed by atoms with Crippen LogP contribution in [0.3, 0.4) is 0 Å². The highest BCUT2D eigenvalue weighted by molar-refractivity contribution is 6.32. The Morgan fingerprint density at radius 3 is 2.42 bits per heavy atom. The fourth-order valence-electron chi connectivity index (χ4n) is 2.68. The van der Waals surface area contributed by atoms with Gasteiger partial charge in [-0.25, -0.2) is 0 Å². The van der Waals surface area contributed by atoms with E-state index in [1.807, 2.05) is 48.5 Å². The third-order valence-electron chi connectivity index (χ3n) is 3.87. The highest BCUT2D eigenvalue weighted by Crippen LogP contribution is 2.32. The van der Waals surface area contributed by atoms with Crippen LogP contribution in [-0.4, -0.2) is 0 Å². The van der Waals surface area contributed by atoms with Crippen molar-refractivity contribution < 1.29 is 4.74 Å². The van der Waals surface area contributed by atoms with Gasteiger partial charge in [-0.05, 0) is 47.4 Å². The summed E-state index contributed by atoms with van der Waals surface area (Å²) in [7, 11) is 0. The van der Waals surface area contributed by atoms with Crippen LogP contribution in [0.5, 0.6) is 5.75 Å². The summed E-state index contributed by atoms with van der Waals surface area (Å²) in [6.45, 7) is 3.09. The van der Waals surface area contributed by atoms with Crippen LogP contribution in [0.2, 0.25) is 5.02 Å². The van der Waals surface area contributed by atoms with Crippen LogP contribution in [0.25, 0.3) is 11.1 Å². The Morgan fingerprint density at radius 2 is 1.67 bits per heavy atom. The molecule has 0 bridgehead atoms. The standard InChI is InChI=1S/C21H20ClNO/c1-15-9-17(13-23)11-19(10-15)18-7-8-20(22)21(12-18)24-14-16-5-3-2-4-6-16/h2-12H,13-14,23H2,1H3. The van der Waals surface area contributed by atoms with Crippen molar-refractivity contribution in [2.45, 2.75) is 20.1 Å². The van der Waals surface area contributed by atoms with Crippen molar-refractivity contribution in [3.05, 3.63) is 88.4 Å². The maximum absolute atomic E-state index is 6.29. The quantitative estimate of drug-likeness (QED) is 0.680. The van der Waals surface area contributed by atoms with Crippen molar-refractivity contribution in [3.8, 4) is 16.9 Å². The minimum atomic E-state index is 0.492. The molecule has 0 atom stereocenters. The maximum atomic E-state index is 6.29. The molecular formula is C21H20ClNO. The SMILES string of the molecule is Cc1cc(CN)cc(-c2ccc(Cl)c(OCc3ccccc3)c2)c1. The molecule has 2 nitrogen and oxygen atoms in total. The molecule has 3 aromatic carbocycles. The lowest BCUT2D eigenvalue weighted by Crippen LogP contribution is -1.98. The van der Waals surface area contributed by atoms with Gasteiger partial charge in [0.25, 0.3) is 0 Å². The molecule has 0 saturated carbocycles. The lowest BCUT2D eigenvalue weighted by atomic mass is 10.00. The van der Waals surface area contributed by atoms with E-state index in [4.69, 9.17) is 22.1 Å². The molecule has 0 aromatic heterocycles. The largest absolute Gasteiger partial charge is 0.487 e. The molecule has 0 spiro atoms. The number of nitrogens with two attached hydrogens (primary N) is 1. The van der Waals surface area contributed by atoms with Crippen LogP contribution >= 0.6 is 11.6 Å². The topological polar surface area (TPSA) is 35.2 Å². The minimum absolute atomic E-state index is 0.492. The zero-order valence-corrected chi connectivity index (χ0v) is 14.4. The third-order valence-corrected chi connectivity index (χ3v) is 4.19. The molecule has 0 aliphatic rings. The summed E-state index contributed by atoms with van der Waals surface area (Å²) in [5.74, 6) is 0.689. The lowest BCUT2D eigenvalue weighted by molar-refractivity contribution is 0.306. The Hall–Kier alpha value is -2.29. The minimum Gasteiger partial charge on any atom is -0.487 e. The number of hydrogen-bond donors (Lipinski definition) is 1. The first-order valence-electron chi connectivity index (χ1n) is 7.93. The zero-order valence-electron chi connectivity index (χ0n) is 13.6. The Morgan fingerprint density at radius 1 is 0.875 bits per heavy atom. The Bertz CT molecular complexity index is 830. The first-order valence-corrected chi connectivity index (χ1v) is 8.31. The molecule has 0 fully saturated rings. The van der Waals surface area contributed by atoms with Crippen molar-refractivity contribution in [3.63, 3.8) is 0 Å². The van der Waals surface area contributed by atoms with Crippen LogP contribution in [0, 0.1) is 6.92 Å². The summed E-state index contributed by atoms with van der Waals surface area (Å²) < 4.78 is 5.92. The average molecular weight is 338 g/mol. The first-order chi connectivity index (χ1) is 11.7. The molecule has 3 rings (SSSR count). The number of rotatable bonds is 5. The summed E-state index contributed by atoms with van der Waals surface area (Å²) in [4.78, 5) is 0. The summed E-state index contributed by atoms with van der Waals surface area (Å²) >= 11 is 6.29. The molecule has 0 aliphatic heterocycles. The molecule has 0 radical (unpaired) electrons. The van der Waals surface area contributed by atoms with Crippen molar-refractivity contribution in [1.29, 1.82) is 0 Å². The summed E-state index contributed by atoms with van der Waals surface area (Å²) in [6, 6.07) is 22.3. The molecule has 24 heavy (non-hydrogen) atoms. The fourth-order valence-corrected chi connectivity index (χ4v) is 2.85. The van der Waals surface area contributed by atoms with E-state index in [1.54, 1.807) is 0 Å². The van der Waals surface area contributed by atoms with Crippen LogP contribution in [0.15, 0.2) is 66.7 Å². The summed E-state index contributed by atoms with van der Waals surface area (Å²) in [5.41, 5.74) is 11.4. The molecule has 0 saturated heterocycles. The van der Waals surface area contributed by atoms with E-state index in [-0.39, 0.29) is 0 Å². The molecule has 3 heteroatoms. The average Bonchev–Trinajstić information content (AvgIpc) is 2.61. The number of aryl methyl sites for hydroxylation is 1. The van der Waals surface area contributed by atoms with Crippen LogP contribution in [0.1, 0.15) is 16.7 Å². The van der Waals surface area contributed by atoms with Crippen molar-refractivity contribution >= 4 is 11.6 Å². The molecule has 0 amide bonds. The van der Waals surface area contributed by atoms with Gasteiger partial charge >= 0.3 is 0 Å². The monoisotopic (exact) mass is 337 g/mol. The number of ether oxygens (including phenoxy) is 1. The molecule has 122 valence electrons. The van der Waals surface area contributed by atoms with Gasteiger partial charge in [0.2, 0.25) is 0 Å². The van der Waals surface area contributed by atoms with Gasteiger partial charge < -0.3 is 10.5 Å². The lowest BCUT2D eigenvalue weighted by Gasteiger charge is -2.12. The van der Waals surface area contributed by atoms with E-state index in [1.165, 1.54) is 5.56 Å². The Balaban J connectivity index is 1.87. The van der Waals surface area contributed by atoms with Crippen molar-refractivity contribution in [1.82, 2.24) is 0 Å². The normalized spacial score (nSPS) is 10.6. The van der Waals surface area contributed by atoms with Gasteiger partial charge in [0.05, 0.1) is 5.02 Å². The third kappa shape index (κ3) is 3.97. The van der Waals surface area contributed by atoms with Crippen LogP contribution in [-0.2, 0) is 13.2 Å². The summed E-state index contributed by atoms with van der Waals surface area (Å²) in [6.07, 6.45) is 0. The summed E-state index contributed by atoms with van der Waals surface area (Å²) in [5, 5.41) is 0.612. The van der Waals surface area contributed by atoms with Gasteiger partial charge in [0.1, 0.15) is 12.4 Å². The van der Waals surface area contributed by atoms with Gasteiger partial charge in [-0.2, -0.15) is 0 Å². The van der Waals surface area contributed by atoms with Gasteiger partial charge in [-0.3, -0.25) is 0 Å². The van der Waals surface area contributed by atoms with Gasteiger partial charge in [0, 0.05) is 6.54 Å². The maximum Gasteiger partial charge on any atom is 0.139 e. The number of benzene rings is 3. The molecule has 0 aliphatic carbocycles. The number of hydrogen-bond acceptors (Lipinski definition) is 2. The van der Waals surface area contributed by atoms with E-state index in [2.05, 4.69) is 25.1 Å². The Labute approximate surface area is 147 Å². The van der Waals surface area contributed by atoms with Crippen LogP contribution < -0.4 is 10.5 Å². The fraction of sp³-hybridized carbons (Fsp3) is 0.143. The van der Waals surface area contributed by atoms with E-state index >= 15 is 0 Å². The van der Waals surface area contributed by atoms with E-state index in [0.717, 1.165) is 22.3 Å². The van der Waals surface area contributed by atoms with E-state index in [9.17, 15) is 0 Å². The first kappa shape index (κ1) is 16.6. The molecular weight excluding hydrogens is 318 g/mol. The second-order valence-corrected chi connectivity index (χ2v) is 6.24. The molecule has 0 unspecified atom stereocenters. The highest BCUT2D eigenvalue weighted by atomic mass is 35.5. The zero-order chi connectivity index (χ0) is 16.9. The van der Waals surface area contributed by atoms with E-state index < -0.39 is 0 Å². The van der Waals surface area contributed by atoms with Crippen LogP contribution in [0.4, 0.5) is 0 Å². The second-order valence-electron chi connectivity index (χ2n) is 5.83. The van der Waals surface area contributed by atoms with Gasteiger partial charge in [-0.15, -0.1) is 0 Å². The highest BCUT2D eigenvalue weighted by Gasteiger charge is 2.07. The second kappa shape index (κ2) is 7.52. The van der Waals surface area contributed by atoms with Crippen molar-refractivity contribution in [2.24, 2.45) is 5.73 Å². The van der Waals surface area contributed by atoms with Gasteiger partial charge in [0.15, 0.2) is 0 Å². The predicted molar refractivity (Wildman–Crippen MR) is 100 cm³/mol. The van der Waals surface area contributed by atoms with E-state index in [0.29, 0.717) is 23.9 Å². The Kier molecular flexibility index (Phi) is 5.19. The van der Waals surface area contributed by atoms with Crippen molar-refractivity contribution in [2.75, 3.05) is 0 Å². The smallest absolute Gasteiger partial charge is 0.139 e. The molecule has 3 aromatic rings. The molecule has 0 heterocycles. The number of halogens is 1.